The van der Waals surface area contributed by atoms with Crippen LogP contribution in [0.15, 0.2) is 6.20 Å². The number of fused-ring (bicyclic) bond motifs is 1. The van der Waals surface area contributed by atoms with Gasteiger partial charge in [-0.2, -0.15) is 10.2 Å². The van der Waals surface area contributed by atoms with Crippen molar-refractivity contribution in [3.63, 3.8) is 0 Å². The molecule has 1 amide bonds. The molecule has 130 valence electrons. The van der Waals surface area contributed by atoms with Gasteiger partial charge in [-0.3, -0.25) is 9.69 Å². The number of amides is 1. The molecule has 0 saturated heterocycles. The second kappa shape index (κ2) is 4.94. The van der Waals surface area contributed by atoms with Crippen LogP contribution in [0.4, 0.5) is 5.82 Å². The Labute approximate surface area is 152 Å². The highest BCUT2D eigenvalue weighted by atomic mass is 35.5. The highest BCUT2D eigenvalue weighted by molar-refractivity contribution is 6.28. The van der Waals surface area contributed by atoms with Crippen LogP contribution in [0.25, 0.3) is 0 Å². The largest absolute Gasteiger partial charge is 0.290 e. The molecule has 4 fully saturated rings. The molecule has 2 unspecified atom stereocenters. The van der Waals surface area contributed by atoms with Gasteiger partial charge in [0.2, 0.25) is 11.2 Å². The molecule has 6 rings (SSSR count). The predicted octanol–water partition coefficient (Wildman–Crippen LogP) is 3.52. The van der Waals surface area contributed by atoms with Crippen molar-refractivity contribution in [2.45, 2.75) is 57.4 Å². The maximum atomic E-state index is 13.4. The van der Waals surface area contributed by atoms with Crippen LogP contribution in [0.2, 0.25) is 5.28 Å². The van der Waals surface area contributed by atoms with Gasteiger partial charge in [0, 0.05) is 17.7 Å². The standard InChI is InChI=1S/C19H21ClN4O/c1-11-2-3-12-8-22-17(20)23-15(12)24(16(11)25)19-6-13-4-18(9-19,10-21)5-14(13)7-19/h8,11,13-14H,2-7,9H2,1H3/t11-,13?,14?,18?,19?/m1/s1. The summed E-state index contributed by atoms with van der Waals surface area (Å²) < 4.78 is 0. The highest BCUT2D eigenvalue weighted by Gasteiger charge is 2.66. The Morgan fingerprint density at radius 3 is 2.72 bits per heavy atom. The van der Waals surface area contributed by atoms with Crippen molar-refractivity contribution in [2.75, 3.05) is 4.90 Å². The van der Waals surface area contributed by atoms with Crippen molar-refractivity contribution < 1.29 is 4.79 Å². The molecule has 1 aromatic rings. The first-order chi connectivity index (χ1) is 12.0. The predicted molar refractivity (Wildman–Crippen MR) is 92.9 cm³/mol. The second-order valence-corrected chi connectivity index (χ2v) is 9.07. The topological polar surface area (TPSA) is 69.9 Å². The molecule has 5 aliphatic rings. The van der Waals surface area contributed by atoms with E-state index in [1.807, 2.05) is 11.8 Å². The van der Waals surface area contributed by atoms with Gasteiger partial charge in [-0.15, -0.1) is 0 Å². The first-order valence-corrected chi connectivity index (χ1v) is 9.60. The molecule has 25 heavy (non-hydrogen) atoms. The number of halogens is 1. The fraction of sp³-hybridized carbons (Fsp3) is 0.684. The molecular weight excluding hydrogens is 336 g/mol. The number of carbonyl (C=O) groups excluding carboxylic acids is 1. The average Bonchev–Trinajstić information content (AvgIpc) is 2.93. The smallest absolute Gasteiger partial charge is 0.231 e. The average molecular weight is 357 g/mol. The van der Waals surface area contributed by atoms with E-state index in [9.17, 15) is 10.1 Å². The van der Waals surface area contributed by atoms with E-state index in [0.717, 1.165) is 50.5 Å². The summed E-state index contributed by atoms with van der Waals surface area (Å²) in [7, 11) is 0. The zero-order valence-corrected chi connectivity index (χ0v) is 15.1. The van der Waals surface area contributed by atoms with Crippen LogP contribution in [0.3, 0.4) is 0 Å². The first kappa shape index (κ1) is 15.6. The van der Waals surface area contributed by atoms with Crippen LogP contribution in [0, 0.1) is 34.5 Å². The number of anilines is 1. The van der Waals surface area contributed by atoms with E-state index < -0.39 is 0 Å². The molecule has 0 N–H and O–H groups in total. The van der Waals surface area contributed by atoms with Crippen molar-refractivity contribution >= 4 is 23.3 Å². The zero-order chi connectivity index (χ0) is 17.4. The Morgan fingerprint density at radius 1 is 1.32 bits per heavy atom. The lowest BCUT2D eigenvalue weighted by Gasteiger charge is -2.49. The van der Waals surface area contributed by atoms with Crippen LogP contribution in [-0.2, 0) is 11.2 Å². The number of aryl methyl sites for hydroxylation is 1. The lowest BCUT2D eigenvalue weighted by Crippen LogP contribution is -2.57. The van der Waals surface area contributed by atoms with Crippen LogP contribution >= 0.6 is 11.6 Å². The lowest BCUT2D eigenvalue weighted by molar-refractivity contribution is -0.123. The summed E-state index contributed by atoms with van der Waals surface area (Å²) in [5, 5.41) is 10.0. The summed E-state index contributed by atoms with van der Waals surface area (Å²) in [4.78, 5) is 24.0. The SMILES string of the molecule is C[C@@H]1CCc2cnc(Cl)nc2N(C23CC4CC(C#N)(CC4C2)C3)C1=O. The number of aromatic nitrogens is 2. The molecule has 0 radical (unpaired) electrons. The second-order valence-electron chi connectivity index (χ2n) is 8.73. The maximum absolute atomic E-state index is 13.4. The summed E-state index contributed by atoms with van der Waals surface area (Å²) in [6, 6.07) is 2.61. The van der Waals surface area contributed by atoms with E-state index in [0.29, 0.717) is 17.7 Å². The van der Waals surface area contributed by atoms with E-state index in [2.05, 4.69) is 16.0 Å². The molecule has 4 bridgehead atoms. The molecular formula is C19H21ClN4O. The lowest BCUT2D eigenvalue weighted by atomic mass is 9.65. The van der Waals surface area contributed by atoms with E-state index in [4.69, 9.17) is 11.6 Å². The number of carbonyl (C=O) groups is 1. The Kier molecular flexibility index (Phi) is 3.08. The quantitative estimate of drug-likeness (QED) is 0.722. The van der Waals surface area contributed by atoms with E-state index in [1.165, 1.54) is 0 Å². The maximum Gasteiger partial charge on any atom is 0.231 e. The molecule has 1 aliphatic heterocycles. The van der Waals surface area contributed by atoms with Gasteiger partial charge in [-0.1, -0.05) is 6.92 Å². The number of nitriles is 1. The van der Waals surface area contributed by atoms with Crippen molar-refractivity contribution in [1.29, 1.82) is 5.26 Å². The van der Waals surface area contributed by atoms with E-state index in [-0.39, 0.29) is 28.1 Å². The molecule has 4 aliphatic carbocycles. The van der Waals surface area contributed by atoms with Crippen LogP contribution in [0.5, 0.6) is 0 Å². The minimum Gasteiger partial charge on any atom is -0.290 e. The number of rotatable bonds is 1. The van der Waals surface area contributed by atoms with E-state index in [1.54, 1.807) is 6.20 Å². The Balaban J connectivity index is 1.67. The van der Waals surface area contributed by atoms with Crippen molar-refractivity contribution in [3.8, 4) is 6.07 Å². The Hall–Kier alpha value is -1.67. The van der Waals surface area contributed by atoms with Gasteiger partial charge in [0.05, 0.1) is 17.0 Å². The molecule has 3 atom stereocenters. The fourth-order valence-corrected chi connectivity index (χ4v) is 6.42. The van der Waals surface area contributed by atoms with Gasteiger partial charge in [0.1, 0.15) is 5.82 Å². The minimum absolute atomic E-state index is 0.0438. The number of hydrogen-bond donors (Lipinski definition) is 0. The van der Waals surface area contributed by atoms with Crippen LogP contribution in [0.1, 0.15) is 51.0 Å². The summed E-state index contributed by atoms with van der Waals surface area (Å²) in [5.41, 5.74) is 0.493. The third-order valence-corrected chi connectivity index (χ3v) is 7.33. The first-order valence-electron chi connectivity index (χ1n) is 9.22. The van der Waals surface area contributed by atoms with Crippen LogP contribution in [-0.4, -0.2) is 21.4 Å². The third-order valence-electron chi connectivity index (χ3n) is 7.15. The molecule has 6 heteroatoms. The highest BCUT2D eigenvalue weighted by Crippen LogP contribution is 2.67. The number of hydrogen-bond acceptors (Lipinski definition) is 4. The van der Waals surface area contributed by atoms with Crippen LogP contribution < -0.4 is 4.90 Å². The normalized spacial score (nSPS) is 41.6. The minimum atomic E-state index is -0.260. The summed E-state index contributed by atoms with van der Waals surface area (Å²) in [5.74, 6) is 1.94. The van der Waals surface area contributed by atoms with Gasteiger partial charge >= 0.3 is 0 Å². The van der Waals surface area contributed by atoms with Gasteiger partial charge < -0.3 is 0 Å². The van der Waals surface area contributed by atoms with Gasteiger partial charge in [-0.05, 0) is 68.4 Å². The van der Waals surface area contributed by atoms with Crippen molar-refractivity contribution in [2.24, 2.45) is 23.2 Å². The molecule has 2 heterocycles. The monoisotopic (exact) mass is 356 g/mol. The molecule has 5 nitrogen and oxygen atoms in total. The van der Waals surface area contributed by atoms with Crippen molar-refractivity contribution in [1.82, 2.24) is 9.97 Å². The Morgan fingerprint density at radius 2 is 2.04 bits per heavy atom. The van der Waals surface area contributed by atoms with Crippen molar-refractivity contribution in [3.05, 3.63) is 17.0 Å². The fourth-order valence-electron chi connectivity index (χ4n) is 6.29. The zero-order valence-electron chi connectivity index (χ0n) is 14.3. The molecule has 0 spiro atoms. The summed E-state index contributed by atoms with van der Waals surface area (Å²) in [6.45, 7) is 2.00. The third kappa shape index (κ3) is 2.04. The molecule has 4 saturated carbocycles. The van der Waals surface area contributed by atoms with Gasteiger partial charge in [0.15, 0.2) is 0 Å². The molecule has 0 aromatic carbocycles. The summed E-state index contributed by atoms with van der Waals surface area (Å²) >= 11 is 6.10. The van der Waals surface area contributed by atoms with E-state index >= 15 is 0 Å². The summed E-state index contributed by atoms with van der Waals surface area (Å²) in [6.07, 6.45) is 8.16. The number of nitrogens with zero attached hydrogens (tertiary/aromatic N) is 4. The van der Waals surface area contributed by atoms with Gasteiger partial charge in [-0.25, -0.2) is 4.98 Å². The van der Waals surface area contributed by atoms with Gasteiger partial charge in [0.25, 0.3) is 0 Å². The Bertz CT molecular complexity index is 802. The molecule has 1 aromatic heterocycles.